The highest BCUT2D eigenvalue weighted by molar-refractivity contribution is 6.05. The molecule has 2 heterocycles. The molecule has 0 unspecified atom stereocenters. The smallest absolute Gasteiger partial charge is 0.414 e. The minimum Gasteiger partial charge on any atom is -0.494 e. The molecule has 2 aromatic carbocycles. The summed E-state index contributed by atoms with van der Waals surface area (Å²) in [5.74, 6) is 0.404. The van der Waals surface area contributed by atoms with Crippen molar-refractivity contribution in [1.29, 1.82) is 0 Å². The van der Waals surface area contributed by atoms with Gasteiger partial charge in [0, 0.05) is 37.3 Å². The number of amides is 2. The number of nitrogens with zero attached hydrogens (tertiary/aromatic N) is 4. The lowest BCUT2D eigenvalue weighted by molar-refractivity contribution is 0.0339. The third-order valence-electron chi connectivity index (χ3n) is 7.13. The van der Waals surface area contributed by atoms with Gasteiger partial charge in [0.2, 0.25) is 0 Å². The number of morpholine rings is 1. The Labute approximate surface area is 253 Å². The van der Waals surface area contributed by atoms with E-state index in [1.54, 1.807) is 19.2 Å². The number of carbonyl (C=O) groups is 2. The predicted octanol–water partition coefficient (Wildman–Crippen LogP) is 5.10. The molecule has 1 fully saturated rings. The summed E-state index contributed by atoms with van der Waals surface area (Å²) in [5.41, 5.74) is 4.42. The van der Waals surface area contributed by atoms with Gasteiger partial charge in [0.1, 0.15) is 5.75 Å². The van der Waals surface area contributed by atoms with Gasteiger partial charge in [0.15, 0.2) is 0 Å². The Kier molecular flexibility index (Phi) is 9.76. The molecule has 0 bridgehead atoms. The zero-order valence-corrected chi connectivity index (χ0v) is 26.5. The normalized spacial score (nSPS) is 14.3. The van der Waals surface area contributed by atoms with Crippen LogP contribution in [0.1, 0.15) is 68.6 Å². The van der Waals surface area contributed by atoms with E-state index in [1.807, 2.05) is 39.8 Å². The molecule has 1 aliphatic rings. The fourth-order valence-electron chi connectivity index (χ4n) is 4.65. The lowest BCUT2D eigenvalue weighted by Crippen LogP contribution is -2.35. The number of hydrogen-bond donors (Lipinski definition) is 2. The molecule has 232 valence electrons. The third kappa shape index (κ3) is 8.55. The van der Waals surface area contributed by atoms with Gasteiger partial charge in [0.25, 0.3) is 11.8 Å². The van der Waals surface area contributed by atoms with E-state index in [9.17, 15) is 9.59 Å². The van der Waals surface area contributed by atoms with E-state index in [4.69, 9.17) is 14.2 Å². The van der Waals surface area contributed by atoms with Gasteiger partial charge in [-0.3, -0.25) is 9.69 Å². The van der Waals surface area contributed by atoms with Gasteiger partial charge in [-0.25, -0.2) is 9.48 Å². The molecule has 3 aromatic rings. The number of carbonyl (C=O) groups excluding carboxylic acids is 2. The zero-order valence-electron chi connectivity index (χ0n) is 26.5. The first-order chi connectivity index (χ1) is 20.2. The van der Waals surface area contributed by atoms with Crippen LogP contribution in [0, 0.1) is 12.3 Å². The molecule has 0 aliphatic carbocycles. The number of ether oxygens (including phenoxy) is 3. The van der Waals surface area contributed by atoms with Gasteiger partial charge in [-0.15, -0.1) is 0 Å². The molecule has 4 rings (SSSR count). The predicted molar refractivity (Wildman–Crippen MR) is 165 cm³/mol. The molecule has 2 amide bonds. The second-order valence-electron chi connectivity index (χ2n) is 13.1. The highest BCUT2D eigenvalue weighted by Gasteiger charge is 2.23. The summed E-state index contributed by atoms with van der Waals surface area (Å²) in [6.07, 6.45) is 0.903. The van der Waals surface area contributed by atoms with E-state index < -0.39 is 6.09 Å². The summed E-state index contributed by atoms with van der Waals surface area (Å²) in [5, 5.41) is 13.9. The first-order valence-corrected chi connectivity index (χ1v) is 14.6. The van der Waals surface area contributed by atoms with Crippen molar-refractivity contribution in [3.8, 4) is 17.3 Å². The summed E-state index contributed by atoms with van der Waals surface area (Å²) in [7, 11) is 1.63. The Morgan fingerprint density at radius 1 is 1.05 bits per heavy atom. The van der Waals surface area contributed by atoms with Crippen LogP contribution in [0.25, 0.3) is 5.69 Å². The van der Waals surface area contributed by atoms with E-state index in [1.165, 1.54) is 10.9 Å². The van der Waals surface area contributed by atoms with E-state index in [-0.39, 0.29) is 22.6 Å². The maximum atomic E-state index is 13.6. The molecule has 1 saturated heterocycles. The van der Waals surface area contributed by atoms with Crippen molar-refractivity contribution >= 4 is 17.7 Å². The van der Waals surface area contributed by atoms with Crippen molar-refractivity contribution in [2.75, 3.05) is 45.3 Å². The average molecular weight is 593 g/mol. The number of benzene rings is 2. The van der Waals surface area contributed by atoms with Gasteiger partial charge in [-0.05, 0) is 47.1 Å². The number of aryl methyl sites for hydroxylation is 1. The molecule has 0 saturated carbocycles. The highest BCUT2D eigenvalue weighted by atomic mass is 16.6. The molecule has 0 spiro atoms. The van der Waals surface area contributed by atoms with Gasteiger partial charge in [-0.2, -0.15) is 0 Å². The number of methoxy groups -OCH3 is 1. The Bertz CT molecular complexity index is 1450. The molecular formula is C32H44N6O5. The summed E-state index contributed by atoms with van der Waals surface area (Å²) < 4.78 is 18.2. The van der Waals surface area contributed by atoms with Crippen LogP contribution >= 0.6 is 0 Å². The van der Waals surface area contributed by atoms with Crippen LogP contribution in [0.2, 0.25) is 0 Å². The summed E-state index contributed by atoms with van der Waals surface area (Å²) in [4.78, 5) is 28.1. The molecule has 1 aliphatic heterocycles. The number of hydrogen-bond acceptors (Lipinski definition) is 8. The fraction of sp³-hybridized carbons (Fsp3) is 0.500. The van der Waals surface area contributed by atoms with Crippen LogP contribution in [0.4, 0.5) is 10.5 Å². The lowest BCUT2D eigenvalue weighted by atomic mass is 9.85. The first kappa shape index (κ1) is 32.0. The van der Waals surface area contributed by atoms with Gasteiger partial charge in [-0.1, -0.05) is 64.0 Å². The number of aromatic nitrogens is 3. The van der Waals surface area contributed by atoms with Crippen LogP contribution in [-0.2, 0) is 16.7 Å². The molecule has 0 atom stereocenters. The van der Waals surface area contributed by atoms with Gasteiger partial charge in [0.05, 0.1) is 37.9 Å². The molecular weight excluding hydrogens is 548 g/mol. The number of nitrogens with one attached hydrogen (secondary N) is 2. The van der Waals surface area contributed by atoms with Crippen molar-refractivity contribution in [3.63, 3.8) is 0 Å². The van der Waals surface area contributed by atoms with Crippen LogP contribution in [0.15, 0.2) is 36.5 Å². The second kappa shape index (κ2) is 13.1. The van der Waals surface area contributed by atoms with Crippen molar-refractivity contribution in [2.24, 2.45) is 5.41 Å². The molecule has 43 heavy (non-hydrogen) atoms. The van der Waals surface area contributed by atoms with Gasteiger partial charge >= 0.3 is 6.09 Å². The van der Waals surface area contributed by atoms with E-state index in [2.05, 4.69) is 52.7 Å². The zero-order chi connectivity index (χ0) is 31.4. The molecule has 1 aromatic heterocycles. The van der Waals surface area contributed by atoms with E-state index >= 15 is 0 Å². The minimum absolute atomic E-state index is 0.0530. The Morgan fingerprint density at radius 3 is 2.42 bits per heavy atom. The lowest BCUT2D eigenvalue weighted by Gasteiger charge is -2.29. The topological polar surface area (TPSA) is 120 Å². The van der Waals surface area contributed by atoms with Crippen LogP contribution in [-0.4, -0.2) is 71.9 Å². The van der Waals surface area contributed by atoms with Crippen LogP contribution in [0.5, 0.6) is 11.6 Å². The molecule has 11 nitrogen and oxygen atoms in total. The Hall–Kier alpha value is -3.96. The van der Waals surface area contributed by atoms with Crippen molar-refractivity contribution < 1.29 is 23.8 Å². The standard InChI is InChI=1S/C32H44N6O5/c1-21-9-10-22(16-26(21)38-19-27(35-36-38)43-30(40)33-20-31(2,3)4)29(39)34-25-17-24(32(5,6)7)15-23(28(25)41-8)18-37-11-13-42-14-12-37/h9-10,15-17,19H,11-14,18,20H2,1-8H3,(H,33,40)(H,34,39). The molecule has 0 radical (unpaired) electrons. The average Bonchev–Trinajstić information content (AvgIpc) is 3.39. The van der Waals surface area contributed by atoms with E-state index in [0.717, 1.165) is 29.8 Å². The minimum atomic E-state index is -0.605. The number of anilines is 1. The van der Waals surface area contributed by atoms with E-state index in [0.29, 0.717) is 49.0 Å². The summed E-state index contributed by atoms with van der Waals surface area (Å²) in [6, 6.07) is 9.49. The fourth-order valence-corrected chi connectivity index (χ4v) is 4.65. The first-order valence-electron chi connectivity index (χ1n) is 14.6. The summed E-state index contributed by atoms with van der Waals surface area (Å²) >= 11 is 0. The molecule has 11 heteroatoms. The highest BCUT2D eigenvalue weighted by Crippen LogP contribution is 2.36. The van der Waals surface area contributed by atoms with Crippen molar-refractivity contribution in [2.45, 2.75) is 60.4 Å². The van der Waals surface area contributed by atoms with Gasteiger partial charge < -0.3 is 24.8 Å². The Balaban J connectivity index is 1.57. The van der Waals surface area contributed by atoms with Crippen molar-refractivity contribution in [3.05, 3.63) is 58.8 Å². The SMILES string of the molecule is COc1c(CN2CCOCC2)cc(C(C)(C)C)cc1NC(=O)c1ccc(C)c(-n2cc(OC(=O)NCC(C)(C)C)nn2)c1. The third-order valence-corrected chi connectivity index (χ3v) is 7.13. The maximum Gasteiger partial charge on any atom is 0.414 e. The maximum absolute atomic E-state index is 13.6. The van der Waals surface area contributed by atoms with Crippen molar-refractivity contribution in [1.82, 2.24) is 25.2 Å². The second-order valence-corrected chi connectivity index (χ2v) is 13.1. The largest absolute Gasteiger partial charge is 0.494 e. The monoisotopic (exact) mass is 592 g/mol. The van der Waals surface area contributed by atoms with Crippen LogP contribution < -0.4 is 20.1 Å². The number of rotatable bonds is 8. The quantitative estimate of drug-likeness (QED) is 0.371. The molecule has 2 N–H and O–H groups in total. The van der Waals surface area contributed by atoms with Crippen LogP contribution in [0.3, 0.4) is 0 Å². The summed E-state index contributed by atoms with van der Waals surface area (Å²) in [6.45, 7) is 18.6. The Morgan fingerprint density at radius 2 is 1.77 bits per heavy atom.